The summed E-state index contributed by atoms with van der Waals surface area (Å²) in [7, 11) is 3.12. The summed E-state index contributed by atoms with van der Waals surface area (Å²) < 4.78 is 39.7. The fourth-order valence-electron chi connectivity index (χ4n) is 8.71. The number of anilines is 1. The van der Waals surface area contributed by atoms with Crippen molar-refractivity contribution in [3.63, 3.8) is 0 Å². The molecule has 2 aromatic heterocycles. The lowest BCUT2D eigenvalue weighted by molar-refractivity contribution is -0.929. The number of ether oxygens (including phenoxy) is 1. The Hall–Kier alpha value is -5.52. The number of hydrogen-bond acceptors (Lipinski definition) is 8. The number of aliphatic carboxylic acids is 1. The molecule has 0 radical (unpaired) electrons. The number of imidazole rings is 1. The number of carboxylic acids is 1. The third-order valence-corrected chi connectivity index (χ3v) is 12.1. The second-order valence-corrected chi connectivity index (χ2v) is 16.1. The van der Waals surface area contributed by atoms with Crippen LogP contribution in [0.25, 0.3) is 22.4 Å². The van der Waals surface area contributed by atoms with Crippen molar-refractivity contribution >= 4 is 29.4 Å². The van der Waals surface area contributed by atoms with Gasteiger partial charge in [0.2, 0.25) is 5.91 Å². The van der Waals surface area contributed by atoms with E-state index in [1.54, 1.807) is 62.0 Å². The quantitative estimate of drug-likeness (QED) is 0.171. The number of carbonyl (C=O) groups is 4. The number of hydrogen-bond donors (Lipinski definition) is 3. The molecule has 3 N–H and O–H groups in total. The average Bonchev–Trinajstić information content (AvgIpc) is 3.77. The summed E-state index contributed by atoms with van der Waals surface area (Å²) in [6.45, 7) is 10.1. The molecule has 59 heavy (non-hydrogen) atoms. The topological polar surface area (TPSA) is 164 Å². The number of halogens is 2. The normalized spacial score (nSPS) is 19.7. The second kappa shape index (κ2) is 17.4. The number of benzene rings is 2. The van der Waals surface area contributed by atoms with Crippen LogP contribution < -0.4 is 10.6 Å². The lowest BCUT2D eigenvalue weighted by Crippen LogP contribution is -2.62. The second-order valence-electron chi connectivity index (χ2n) is 16.1. The van der Waals surface area contributed by atoms with Crippen LogP contribution >= 0.6 is 0 Å². The number of piperidine rings is 1. The predicted octanol–water partition coefficient (Wildman–Crippen LogP) is 3.56. The predicted molar refractivity (Wildman–Crippen MR) is 214 cm³/mol. The van der Waals surface area contributed by atoms with Crippen molar-refractivity contribution in [1.29, 1.82) is 0 Å². The van der Waals surface area contributed by atoms with Crippen molar-refractivity contribution < 1.29 is 42.3 Å². The molecule has 3 saturated heterocycles. The van der Waals surface area contributed by atoms with Gasteiger partial charge in [0, 0.05) is 112 Å². The minimum Gasteiger partial charge on any atom is -0.477 e. The number of carbonyl (C=O) groups excluding carboxylic acids is 3. The first-order valence-electron chi connectivity index (χ1n) is 20.1. The summed E-state index contributed by atoms with van der Waals surface area (Å²) in [5.41, 5.74) is 2.76. The fraction of sp³-hybridized carbons (Fsp3) is 0.476. The van der Waals surface area contributed by atoms with Crippen LogP contribution in [0, 0.1) is 37.3 Å². The first kappa shape index (κ1) is 41.6. The molecule has 7 rings (SSSR count). The third-order valence-electron chi connectivity index (χ3n) is 12.1. The van der Waals surface area contributed by atoms with Gasteiger partial charge in [-0.05, 0) is 43.7 Å². The minimum atomic E-state index is -1.08. The molecule has 5 heterocycles. The van der Waals surface area contributed by atoms with Gasteiger partial charge in [0.15, 0.2) is 24.0 Å². The minimum absolute atomic E-state index is 0.0255. The van der Waals surface area contributed by atoms with Gasteiger partial charge in [0.25, 0.3) is 11.8 Å². The maximum absolute atomic E-state index is 15.6. The maximum atomic E-state index is 15.6. The van der Waals surface area contributed by atoms with Crippen molar-refractivity contribution in [2.75, 3.05) is 84.5 Å². The van der Waals surface area contributed by atoms with Crippen molar-refractivity contribution in [1.82, 2.24) is 34.4 Å². The fourth-order valence-corrected chi connectivity index (χ4v) is 8.71. The number of piperazine rings is 1. The van der Waals surface area contributed by atoms with E-state index in [-0.39, 0.29) is 46.9 Å². The molecule has 3 amide bonds. The smallest absolute Gasteiger partial charge is 0.359 e. The molecule has 4 aromatic rings. The van der Waals surface area contributed by atoms with Crippen molar-refractivity contribution in [2.45, 2.75) is 33.2 Å². The lowest BCUT2D eigenvalue weighted by Gasteiger charge is -2.46. The van der Waals surface area contributed by atoms with E-state index in [0.29, 0.717) is 104 Å². The highest BCUT2D eigenvalue weighted by atomic mass is 19.2. The summed E-state index contributed by atoms with van der Waals surface area (Å²) >= 11 is 0. The van der Waals surface area contributed by atoms with E-state index < -0.39 is 23.5 Å². The SMILES string of the molecule is COCCn1cc(-c2ccc(-c3cnc(C(=O)Nc4ccc(C(=O)N5CCN(C(=O)C6CC[N+](CC(=O)O)(CC7CNC7)CC6)CC5)c(C)c4)n3C)c(F)c2F)c(C)n1. The molecule has 2 aromatic carbocycles. The number of carboxylic acid groups (broad SMARTS) is 1. The summed E-state index contributed by atoms with van der Waals surface area (Å²) in [5, 5.41) is 20.0. The van der Waals surface area contributed by atoms with Crippen LogP contribution in [0.2, 0.25) is 0 Å². The van der Waals surface area contributed by atoms with Crippen LogP contribution in [0.3, 0.4) is 0 Å². The van der Waals surface area contributed by atoms with E-state index in [4.69, 9.17) is 4.74 Å². The van der Waals surface area contributed by atoms with Gasteiger partial charge in [-0.3, -0.25) is 19.1 Å². The lowest BCUT2D eigenvalue weighted by atomic mass is 9.90. The first-order valence-corrected chi connectivity index (χ1v) is 20.1. The van der Waals surface area contributed by atoms with E-state index in [9.17, 15) is 24.3 Å². The van der Waals surface area contributed by atoms with E-state index in [0.717, 1.165) is 19.6 Å². The van der Waals surface area contributed by atoms with E-state index >= 15 is 8.78 Å². The standard InChI is InChI=1S/C42H51F2N9O6/c1-26-19-30(47-40(56)39-46-22-35(49(39)3)33-8-7-32(37(43)38(33)44)34-23-52(15-18-59-4)48-27(34)2)5-6-31(26)42(58)51-13-11-50(12-14-51)41(57)29-9-16-53(17-10-29,25-36(54)55)24-28-20-45-21-28/h5-8,19,22-23,28-29,45H,9-18,20-21,24-25H2,1-4H3,(H-,47,54,55,56,58)/p+1. The average molecular weight is 817 g/mol. The molecule has 17 heteroatoms. The number of methoxy groups -OCH3 is 1. The van der Waals surface area contributed by atoms with E-state index in [1.807, 2.05) is 4.90 Å². The maximum Gasteiger partial charge on any atom is 0.359 e. The zero-order valence-corrected chi connectivity index (χ0v) is 34.0. The van der Waals surface area contributed by atoms with Gasteiger partial charge < -0.3 is 39.3 Å². The summed E-state index contributed by atoms with van der Waals surface area (Å²) in [6.07, 6.45) is 4.28. The number of amides is 3. The monoisotopic (exact) mass is 816 g/mol. The number of rotatable bonds is 13. The van der Waals surface area contributed by atoms with Crippen molar-refractivity contribution in [3.05, 3.63) is 77.0 Å². The number of likely N-dealkylation sites (tertiary alicyclic amines) is 1. The molecule has 0 bridgehead atoms. The molecule has 3 fully saturated rings. The van der Waals surface area contributed by atoms with Crippen LogP contribution in [-0.2, 0) is 27.9 Å². The Morgan fingerprint density at radius 2 is 1.64 bits per heavy atom. The van der Waals surface area contributed by atoms with Crippen LogP contribution in [0.5, 0.6) is 0 Å². The third kappa shape index (κ3) is 8.77. The first-order chi connectivity index (χ1) is 28.3. The molecule has 3 aliphatic heterocycles. The van der Waals surface area contributed by atoms with Gasteiger partial charge in [-0.2, -0.15) is 5.10 Å². The molecule has 0 atom stereocenters. The van der Waals surface area contributed by atoms with Crippen molar-refractivity contribution in [2.24, 2.45) is 18.9 Å². The zero-order valence-electron chi connectivity index (χ0n) is 34.0. The molecule has 0 spiro atoms. The van der Waals surface area contributed by atoms with Gasteiger partial charge in [-0.25, -0.2) is 18.6 Å². The van der Waals surface area contributed by atoms with Gasteiger partial charge >= 0.3 is 5.97 Å². The molecule has 0 saturated carbocycles. The van der Waals surface area contributed by atoms with Gasteiger partial charge in [-0.1, -0.05) is 6.07 Å². The zero-order chi connectivity index (χ0) is 42.0. The van der Waals surface area contributed by atoms with E-state index in [1.165, 1.54) is 22.9 Å². The molecule has 0 unspecified atom stereocenters. The largest absolute Gasteiger partial charge is 0.477 e. The molecule has 3 aliphatic rings. The number of nitrogens with zero attached hydrogens (tertiary/aromatic N) is 7. The van der Waals surface area contributed by atoms with Crippen LogP contribution in [0.1, 0.15) is 45.1 Å². The Morgan fingerprint density at radius 1 is 0.966 bits per heavy atom. The summed E-state index contributed by atoms with van der Waals surface area (Å²) in [5.74, 6) is -3.28. The summed E-state index contributed by atoms with van der Waals surface area (Å²) in [4.78, 5) is 60.0. The molecule has 15 nitrogen and oxygen atoms in total. The van der Waals surface area contributed by atoms with Crippen LogP contribution in [0.15, 0.2) is 42.7 Å². The molecular formula is C42H52F2N9O6+. The highest BCUT2D eigenvalue weighted by Gasteiger charge is 2.42. The van der Waals surface area contributed by atoms with Gasteiger partial charge in [-0.15, -0.1) is 0 Å². The molecular weight excluding hydrogens is 765 g/mol. The Morgan fingerprint density at radius 3 is 2.29 bits per heavy atom. The van der Waals surface area contributed by atoms with Crippen molar-refractivity contribution in [3.8, 4) is 22.4 Å². The Balaban J connectivity index is 0.939. The van der Waals surface area contributed by atoms with E-state index in [2.05, 4.69) is 20.7 Å². The Kier molecular flexibility index (Phi) is 12.3. The number of quaternary nitrogens is 1. The van der Waals surface area contributed by atoms with Gasteiger partial charge in [0.1, 0.15) is 0 Å². The van der Waals surface area contributed by atoms with Crippen LogP contribution in [-0.4, -0.2) is 142 Å². The van der Waals surface area contributed by atoms with Gasteiger partial charge in [0.05, 0.1) is 50.4 Å². The van der Waals surface area contributed by atoms with Crippen LogP contribution in [0.4, 0.5) is 14.5 Å². The number of nitrogens with one attached hydrogen (secondary N) is 2. The number of aryl methyl sites for hydroxylation is 2. The summed E-state index contributed by atoms with van der Waals surface area (Å²) in [6, 6.07) is 7.91. The molecule has 0 aliphatic carbocycles. The highest BCUT2D eigenvalue weighted by Crippen LogP contribution is 2.33. The number of aromatic nitrogens is 4. The highest BCUT2D eigenvalue weighted by molar-refractivity contribution is 6.03. The Bertz CT molecular complexity index is 2240. The Labute approximate surface area is 341 Å². The molecule has 314 valence electrons.